The number of benzene rings is 1. The molecule has 0 amide bonds. The molecule has 1 saturated carbocycles. The molecule has 0 bridgehead atoms. The molecule has 1 atom stereocenters. The van der Waals surface area contributed by atoms with Gasteiger partial charge < -0.3 is 19.5 Å². The highest BCUT2D eigenvalue weighted by molar-refractivity contribution is 5.26. The number of aryl methyl sites for hydroxylation is 1. The molecule has 0 unspecified atom stereocenters. The molecule has 1 aromatic carbocycles. The summed E-state index contributed by atoms with van der Waals surface area (Å²) in [4.78, 5) is 2.29. The molecule has 1 fully saturated rings. The number of hydrogen-bond donors (Lipinski definition) is 1. The number of aliphatic hydroxyl groups is 1. The standard InChI is InChI=1S/C19H31NO3/c1-16-8-10-19(11-9-16)23-13-12-22-15-18(21)14-20(2)17-6-4-3-5-7-17/h8-11,17-18,21H,3-7,12-15H2,1-2H3/t18-/m0/s1. The van der Waals surface area contributed by atoms with E-state index in [-0.39, 0.29) is 0 Å². The van der Waals surface area contributed by atoms with Crippen molar-refractivity contribution in [2.24, 2.45) is 0 Å². The first-order valence-corrected chi connectivity index (χ1v) is 8.80. The smallest absolute Gasteiger partial charge is 0.119 e. The van der Waals surface area contributed by atoms with Gasteiger partial charge in [0.05, 0.1) is 19.3 Å². The Hall–Kier alpha value is -1.10. The largest absolute Gasteiger partial charge is 0.491 e. The van der Waals surface area contributed by atoms with Gasteiger partial charge in [0, 0.05) is 12.6 Å². The van der Waals surface area contributed by atoms with Crippen LogP contribution in [0.1, 0.15) is 37.7 Å². The average Bonchev–Trinajstić information content (AvgIpc) is 2.57. The third-order valence-corrected chi connectivity index (χ3v) is 4.52. The molecule has 4 heteroatoms. The zero-order valence-electron chi connectivity index (χ0n) is 14.5. The van der Waals surface area contributed by atoms with E-state index in [0.717, 1.165) is 5.75 Å². The first-order chi connectivity index (χ1) is 11.1. The van der Waals surface area contributed by atoms with Crippen LogP contribution < -0.4 is 4.74 Å². The number of hydrogen-bond acceptors (Lipinski definition) is 4. The van der Waals surface area contributed by atoms with Gasteiger partial charge in [-0.1, -0.05) is 37.0 Å². The van der Waals surface area contributed by atoms with Crippen LogP contribution in [0, 0.1) is 6.92 Å². The van der Waals surface area contributed by atoms with E-state index in [1.54, 1.807) is 0 Å². The second-order valence-electron chi connectivity index (χ2n) is 6.62. The van der Waals surface area contributed by atoms with Gasteiger partial charge in [0.25, 0.3) is 0 Å². The SMILES string of the molecule is Cc1ccc(OCCOC[C@@H](O)CN(C)C2CCCCC2)cc1. The van der Waals surface area contributed by atoms with Gasteiger partial charge in [0.15, 0.2) is 0 Å². The summed E-state index contributed by atoms with van der Waals surface area (Å²) in [6, 6.07) is 8.61. The predicted molar refractivity (Wildman–Crippen MR) is 93.0 cm³/mol. The summed E-state index contributed by atoms with van der Waals surface area (Å²) in [5, 5.41) is 10.1. The Bertz CT molecular complexity index is 429. The van der Waals surface area contributed by atoms with Gasteiger partial charge in [-0.15, -0.1) is 0 Å². The van der Waals surface area contributed by atoms with Crippen molar-refractivity contribution < 1.29 is 14.6 Å². The number of ether oxygens (including phenoxy) is 2. The summed E-state index contributed by atoms with van der Waals surface area (Å²) < 4.78 is 11.1. The average molecular weight is 321 g/mol. The van der Waals surface area contributed by atoms with E-state index in [9.17, 15) is 5.11 Å². The summed E-state index contributed by atoms with van der Waals surface area (Å²) in [7, 11) is 2.11. The summed E-state index contributed by atoms with van der Waals surface area (Å²) in [6.07, 6.45) is 6.08. The van der Waals surface area contributed by atoms with Gasteiger partial charge in [-0.25, -0.2) is 0 Å². The van der Waals surface area contributed by atoms with Crippen LogP contribution in [0.3, 0.4) is 0 Å². The molecule has 0 heterocycles. The highest BCUT2D eigenvalue weighted by Gasteiger charge is 2.19. The summed E-state index contributed by atoms with van der Waals surface area (Å²) in [5.74, 6) is 0.858. The lowest BCUT2D eigenvalue weighted by Gasteiger charge is -2.32. The first-order valence-electron chi connectivity index (χ1n) is 8.80. The minimum Gasteiger partial charge on any atom is -0.491 e. The lowest BCUT2D eigenvalue weighted by Crippen LogP contribution is -2.40. The molecule has 0 spiro atoms. The zero-order chi connectivity index (χ0) is 16.5. The van der Waals surface area contributed by atoms with Crippen molar-refractivity contribution in [1.29, 1.82) is 0 Å². The first kappa shape index (κ1) is 18.2. The Morgan fingerprint density at radius 1 is 1.13 bits per heavy atom. The molecule has 0 saturated heterocycles. The van der Waals surface area contributed by atoms with E-state index >= 15 is 0 Å². The number of nitrogens with zero attached hydrogens (tertiary/aromatic N) is 1. The van der Waals surface area contributed by atoms with Crippen LogP contribution >= 0.6 is 0 Å². The molecule has 23 heavy (non-hydrogen) atoms. The van der Waals surface area contributed by atoms with E-state index in [1.165, 1.54) is 37.7 Å². The van der Waals surface area contributed by atoms with Crippen molar-refractivity contribution in [2.45, 2.75) is 51.2 Å². The minimum atomic E-state index is -0.429. The van der Waals surface area contributed by atoms with Gasteiger partial charge in [-0.05, 0) is 38.9 Å². The molecule has 1 aliphatic rings. The second kappa shape index (κ2) is 9.91. The van der Waals surface area contributed by atoms with E-state index in [1.807, 2.05) is 24.3 Å². The summed E-state index contributed by atoms with van der Waals surface area (Å²) in [5.41, 5.74) is 1.22. The van der Waals surface area contributed by atoms with Crippen molar-refractivity contribution in [3.05, 3.63) is 29.8 Å². The van der Waals surface area contributed by atoms with Crippen LogP contribution in [0.5, 0.6) is 5.75 Å². The molecular weight excluding hydrogens is 290 g/mol. The second-order valence-corrected chi connectivity index (χ2v) is 6.62. The molecule has 4 nitrogen and oxygen atoms in total. The number of rotatable bonds is 9. The fraction of sp³-hybridized carbons (Fsp3) is 0.684. The van der Waals surface area contributed by atoms with E-state index in [4.69, 9.17) is 9.47 Å². The Balaban J connectivity index is 1.53. The van der Waals surface area contributed by atoms with Crippen LogP contribution in [0.4, 0.5) is 0 Å². The molecule has 0 radical (unpaired) electrons. The van der Waals surface area contributed by atoms with E-state index < -0.39 is 6.10 Å². The lowest BCUT2D eigenvalue weighted by molar-refractivity contribution is 0.00326. The topological polar surface area (TPSA) is 41.9 Å². The van der Waals surface area contributed by atoms with Crippen molar-refractivity contribution in [2.75, 3.05) is 33.4 Å². The summed E-state index contributed by atoms with van der Waals surface area (Å²) >= 11 is 0. The lowest BCUT2D eigenvalue weighted by atomic mass is 9.94. The van der Waals surface area contributed by atoms with E-state index in [0.29, 0.717) is 32.4 Å². The van der Waals surface area contributed by atoms with Crippen LogP contribution in [0.2, 0.25) is 0 Å². The third kappa shape index (κ3) is 6.90. The van der Waals surface area contributed by atoms with Crippen molar-refractivity contribution in [3.63, 3.8) is 0 Å². The fourth-order valence-electron chi connectivity index (χ4n) is 3.13. The van der Waals surface area contributed by atoms with Gasteiger partial charge in [0.2, 0.25) is 0 Å². The Morgan fingerprint density at radius 3 is 2.52 bits per heavy atom. The third-order valence-electron chi connectivity index (χ3n) is 4.52. The zero-order valence-corrected chi connectivity index (χ0v) is 14.5. The highest BCUT2D eigenvalue weighted by atomic mass is 16.5. The van der Waals surface area contributed by atoms with Gasteiger partial charge >= 0.3 is 0 Å². The van der Waals surface area contributed by atoms with E-state index in [2.05, 4.69) is 18.9 Å². The maximum Gasteiger partial charge on any atom is 0.119 e. The maximum absolute atomic E-state index is 10.1. The quantitative estimate of drug-likeness (QED) is 0.710. The summed E-state index contributed by atoms with van der Waals surface area (Å²) in [6.45, 7) is 4.11. The molecule has 0 aromatic heterocycles. The van der Waals surface area contributed by atoms with Crippen LogP contribution in [0.15, 0.2) is 24.3 Å². The fourth-order valence-corrected chi connectivity index (χ4v) is 3.13. The monoisotopic (exact) mass is 321 g/mol. The predicted octanol–water partition coefficient (Wildman–Crippen LogP) is 3.02. The number of aliphatic hydroxyl groups excluding tert-OH is 1. The van der Waals surface area contributed by atoms with Crippen LogP contribution in [-0.4, -0.2) is 55.6 Å². The van der Waals surface area contributed by atoms with Crippen LogP contribution in [0.25, 0.3) is 0 Å². The number of likely N-dealkylation sites (N-methyl/N-ethyl adjacent to an activating group) is 1. The Labute approximate surface area is 140 Å². The van der Waals surface area contributed by atoms with Gasteiger partial charge in [-0.3, -0.25) is 0 Å². The molecule has 1 aliphatic carbocycles. The van der Waals surface area contributed by atoms with Crippen molar-refractivity contribution in [3.8, 4) is 5.75 Å². The molecule has 0 aliphatic heterocycles. The van der Waals surface area contributed by atoms with Crippen molar-refractivity contribution >= 4 is 0 Å². The van der Waals surface area contributed by atoms with Gasteiger partial charge in [0.1, 0.15) is 12.4 Å². The molecule has 2 rings (SSSR count). The molecule has 1 aromatic rings. The van der Waals surface area contributed by atoms with Gasteiger partial charge in [-0.2, -0.15) is 0 Å². The molecular formula is C19H31NO3. The highest BCUT2D eigenvalue weighted by Crippen LogP contribution is 2.21. The van der Waals surface area contributed by atoms with Crippen molar-refractivity contribution in [1.82, 2.24) is 4.90 Å². The maximum atomic E-state index is 10.1. The minimum absolute atomic E-state index is 0.369. The Kier molecular flexibility index (Phi) is 7.86. The normalized spacial score (nSPS) is 17.4. The molecule has 130 valence electrons. The van der Waals surface area contributed by atoms with Crippen LogP contribution in [-0.2, 0) is 4.74 Å². The Morgan fingerprint density at radius 2 is 1.83 bits per heavy atom. The molecule has 1 N–H and O–H groups in total.